The SMILES string of the molecule is CCCCOc1ccc(C(=O)Nc2cccc([C@H]3SCC(=O)N3c3cccc(C)c3)c2)cc1. The number of carbonyl (C=O) groups is 2. The van der Waals surface area contributed by atoms with Crippen LogP contribution >= 0.6 is 11.8 Å². The summed E-state index contributed by atoms with van der Waals surface area (Å²) in [5.41, 5.74) is 4.24. The van der Waals surface area contributed by atoms with Gasteiger partial charge in [0.25, 0.3) is 5.91 Å². The number of hydrogen-bond donors (Lipinski definition) is 1. The highest BCUT2D eigenvalue weighted by atomic mass is 32.2. The molecule has 1 saturated heterocycles. The summed E-state index contributed by atoms with van der Waals surface area (Å²) in [5.74, 6) is 1.10. The summed E-state index contributed by atoms with van der Waals surface area (Å²) in [5, 5.41) is 2.85. The van der Waals surface area contributed by atoms with E-state index in [1.165, 1.54) is 0 Å². The van der Waals surface area contributed by atoms with Crippen LogP contribution < -0.4 is 15.0 Å². The van der Waals surface area contributed by atoms with Crippen LogP contribution in [0, 0.1) is 6.92 Å². The lowest BCUT2D eigenvalue weighted by molar-refractivity contribution is -0.115. The average molecular weight is 461 g/mol. The van der Waals surface area contributed by atoms with Gasteiger partial charge in [-0.25, -0.2) is 0 Å². The zero-order valence-electron chi connectivity index (χ0n) is 18.9. The van der Waals surface area contributed by atoms with Gasteiger partial charge < -0.3 is 10.1 Å². The Morgan fingerprint density at radius 1 is 1.09 bits per heavy atom. The molecule has 33 heavy (non-hydrogen) atoms. The fraction of sp³-hybridized carbons (Fsp3) is 0.259. The fourth-order valence-corrected chi connectivity index (χ4v) is 4.90. The molecule has 1 heterocycles. The van der Waals surface area contributed by atoms with E-state index in [-0.39, 0.29) is 17.2 Å². The Bertz CT molecular complexity index is 1130. The molecule has 3 aromatic rings. The number of nitrogens with zero attached hydrogens (tertiary/aromatic N) is 1. The van der Waals surface area contributed by atoms with Crippen LogP contribution in [0.15, 0.2) is 72.8 Å². The molecular formula is C27H28N2O3S. The molecule has 0 unspecified atom stereocenters. The van der Waals surface area contributed by atoms with E-state index in [1.54, 1.807) is 23.9 Å². The fourth-order valence-electron chi connectivity index (χ4n) is 3.74. The first kappa shape index (κ1) is 22.9. The molecule has 5 nitrogen and oxygen atoms in total. The topological polar surface area (TPSA) is 58.6 Å². The molecule has 1 N–H and O–H groups in total. The third-order valence-electron chi connectivity index (χ3n) is 5.46. The van der Waals surface area contributed by atoms with Crippen LogP contribution in [0.4, 0.5) is 11.4 Å². The molecule has 2 amide bonds. The van der Waals surface area contributed by atoms with Crippen LogP contribution in [-0.4, -0.2) is 24.2 Å². The third-order valence-corrected chi connectivity index (χ3v) is 6.67. The lowest BCUT2D eigenvalue weighted by Gasteiger charge is -2.25. The van der Waals surface area contributed by atoms with Gasteiger partial charge in [0, 0.05) is 16.9 Å². The van der Waals surface area contributed by atoms with Gasteiger partial charge in [-0.05, 0) is 73.0 Å². The lowest BCUT2D eigenvalue weighted by atomic mass is 10.1. The summed E-state index contributed by atoms with van der Waals surface area (Å²) in [6.07, 6.45) is 2.08. The molecule has 1 aliphatic rings. The Morgan fingerprint density at radius 2 is 1.88 bits per heavy atom. The highest BCUT2D eigenvalue weighted by molar-refractivity contribution is 8.00. The van der Waals surface area contributed by atoms with Crippen molar-refractivity contribution in [1.82, 2.24) is 0 Å². The van der Waals surface area contributed by atoms with Crippen molar-refractivity contribution in [3.8, 4) is 5.75 Å². The molecule has 3 aromatic carbocycles. The minimum atomic E-state index is -0.182. The minimum absolute atomic E-state index is 0.0892. The maximum absolute atomic E-state index is 12.8. The number of carbonyl (C=O) groups excluding carboxylic acids is 2. The Balaban J connectivity index is 1.47. The standard InChI is InChI=1S/C27H28N2O3S/c1-3-4-15-32-24-13-11-20(12-14-24)26(31)28-22-9-6-8-21(17-22)27-29(25(30)18-33-27)23-10-5-7-19(2)16-23/h5-14,16-17,27H,3-4,15,18H2,1-2H3,(H,28,31)/t27-/m1/s1. The van der Waals surface area contributed by atoms with E-state index in [9.17, 15) is 9.59 Å². The molecule has 0 bridgehead atoms. The highest BCUT2D eigenvalue weighted by Crippen LogP contribution is 2.42. The van der Waals surface area contributed by atoms with Gasteiger partial charge in [0.2, 0.25) is 5.91 Å². The van der Waals surface area contributed by atoms with E-state index in [4.69, 9.17) is 4.74 Å². The van der Waals surface area contributed by atoms with Crippen LogP contribution in [0.3, 0.4) is 0 Å². The number of hydrogen-bond acceptors (Lipinski definition) is 4. The number of thioether (sulfide) groups is 1. The Morgan fingerprint density at radius 3 is 2.64 bits per heavy atom. The third kappa shape index (κ3) is 5.57. The summed E-state index contributed by atoms with van der Waals surface area (Å²) >= 11 is 1.60. The smallest absolute Gasteiger partial charge is 0.255 e. The Labute approximate surface area is 199 Å². The second-order valence-electron chi connectivity index (χ2n) is 8.07. The summed E-state index contributed by atoms with van der Waals surface area (Å²) in [6.45, 7) is 4.82. The molecule has 1 atom stereocenters. The normalized spacial score (nSPS) is 15.5. The molecule has 4 rings (SSSR count). The summed E-state index contributed by atoms with van der Waals surface area (Å²) in [6, 6.07) is 22.9. The van der Waals surface area contributed by atoms with E-state index < -0.39 is 0 Å². The molecule has 1 aliphatic heterocycles. The Hall–Kier alpha value is -3.25. The largest absolute Gasteiger partial charge is 0.494 e. The van der Waals surface area contributed by atoms with Gasteiger partial charge in [0.05, 0.1) is 12.4 Å². The summed E-state index contributed by atoms with van der Waals surface area (Å²) in [4.78, 5) is 27.3. The van der Waals surface area contributed by atoms with Crippen molar-refractivity contribution >= 4 is 35.0 Å². The minimum Gasteiger partial charge on any atom is -0.494 e. The van der Waals surface area contributed by atoms with Gasteiger partial charge in [0.15, 0.2) is 0 Å². The quantitative estimate of drug-likeness (QED) is 0.406. The van der Waals surface area contributed by atoms with Crippen LogP contribution in [0.2, 0.25) is 0 Å². The second kappa shape index (κ2) is 10.6. The van der Waals surface area contributed by atoms with Crippen molar-refractivity contribution in [1.29, 1.82) is 0 Å². The first-order valence-corrected chi connectivity index (χ1v) is 12.2. The van der Waals surface area contributed by atoms with Gasteiger partial charge in [-0.2, -0.15) is 0 Å². The van der Waals surface area contributed by atoms with E-state index in [2.05, 4.69) is 12.2 Å². The van der Waals surface area contributed by atoms with Gasteiger partial charge in [0.1, 0.15) is 11.1 Å². The van der Waals surface area contributed by atoms with Crippen molar-refractivity contribution in [3.63, 3.8) is 0 Å². The number of amides is 2. The zero-order valence-corrected chi connectivity index (χ0v) is 19.7. The predicted octanol–water partition coefficient (Wildman–Crippen LogP) is 6.20. The summed E-state index contributed by atoms with van der Waals surface area (Å²) < 4.78 is 5.67. The van der Waals surface area contributed by atoms with E-state index in [0.29, 0.717) is 23.6 Å². The first-order valence-electron chi connectivity index (χ1n) is 11.2. The summed E-state index contributed by atoms with van der Waals surface area (Å²) in [7, 11) is 0. The maximum Gasteiger partial charge on any atom is 0.255 e. The van der Waals surface area contributed by atoms with Gasteiger partial charge in [-0.3, -0.25) is 14.5 Å². The number of anilines is 2. The van der Waals surface area contributed by atoms with Gasteiger partial charge in [-0.15, -0.1) is 11.8 Å². The highest BCUT2D eigenvalue weighted by Gasteiger charge is 2.34. The van der Waals surface area contributed by atoms with Crippen LogP contribution in [-0.2, 0) is 4.79 Å². The molecule has 0 radical (unpaired) electrons. The average Bonchev–Trinajstić information content (AvgIpc) is 3.21. The zero-order chi connectivity index (χ0) is 23.2. The first-order chi connectivity index (χ1) is 16.0. The molecular weight excluding hydrogens is 432 g/mol. The molecule has 0 saturated carbocycles. The van der Waals surface area contributed by atoms with Crippen molar-refractivity contribution < 1.29 is 14.3 Å². The number of nitrogens with one attached hydrogen (secondary N) is 1. The van der Waals surface area contributed by atoms with Crippen molar-refractivity contribution in [2.75, 3.05) is 22.6 Å². The van der Waals surface area contributed by atoms with E-state index >= 15 is 0 Å². The second-order valence-corrected chi connectivity index (χ2v) is 9.14. The van der Waals surface area contributed by atoms with Crippen molar-refractivity contribution in [2.24, 2.45) is 0 Å². The molecule has 0 spiro atoms. The number of unbranched alkanes of at least 4 members (excludes halogenated alkanes) is 1. The van der Waals surface area contributed by atoms with Crippen molar-refractivity contribution in [2.45, 2.75) is 32.1 Å². The monoisotopic (exact) mass is 460 g/mol. The van der Waals surface area contributed by atoms with Crippen molar-refractivity contribution in [3.05, 3.63) is 89.5 Å². The predicted molar refractivity (Wildman–Crippen MR) is 135 cm³/mol. The Kier molecular flexibility index (Phi) is 7.35. The number of benzene rings is 3. The number of ether oxygens (including phenoxy) is 1. The van der Waals surface area contributed by atoms with Crippen LogP contribution in [0.1, 0.15) is 46.6 Å². The molecule has 1 fully saturated rings. The number of rotatable bonds is 8. The molecule has 0 aliphatic carbocycles. The number of aryl methyl sites for hydroxylation is 1. The van der Waals surface area contributed by atoms with Gasteiger partial charge in [-0.1, -0.05) is 37.6 Å². The lowest BCUT2D eigenvalue weighted by Crippen LogP contribution is -2.27. The van der Waals surface area contributed by atoms with Crippen LogP contribution in [0.25, 0.3) is 0 Å². The maximum atomic E-state index is 12.8. The van der Waals surface area contributed by atoms with Gasteiger partial charge >= 0.3 is 0 Å². The van der Waals surface area contributed by atoms with Crippen LogP contribution in [0.5, 0.6) is 5.75 Å². The van der Waals surface area contributed by atoms with E-state index in [1.807, 2.05) is 72.5 Å². The molecule has 0 aromatic heterocycles. The molecule has 170 valence electrons. The van der Waals surface area contributed by atoms with E-state index in [0.717, 1.165) is 35.4 Å². The molecule has 6 heteroatoms.